The van der Waals surface area contributed by atoms with E-state index in [9.17, 15) is 18.5 Å². The van der Waals surface area contributed by atoms with Crippen LogP contribution < -0.4 is 9.46 Å². The van der Waals surface area contributed by atoms with Crippen molar-refractivity contribution >= 4 is 27.3 Å². The van der Waals surface area contributed by atoms with Gasteiger partial charge in [0.25, 0.3) is 0 Å². The normalized spacial score (nSPS) is 12.6. The van der Waals surface area contributed by atoms with Gasteiger partial charge in [-0.15, -0.1) is 0 Å². The Bertz CT molecular complexity index is 948. The average Bonchev–Trinajstić information content (AvgIpc) is 2.57. The molecule has 0 saturated carbocycles. The van der Waals surface area contributed by atoms with Crippen LogP contribution in [0.25, 0.3) is 0 Å². The topological polar surface area (TPSA) is 108 Å². The Labute approximate surface area is 162 Å². The van der Waals surface area contributed by atoms with Crippen LogP contribution in [0, 0.1) is 17.0 Å². The van der Waals surface area contributed by atoms with Gasteiger partial charge in [-0.1, -0.05) is 17.7 Å². The van der Waals surface area contributed by atoms with Crippen LogP contribution in [0.3, 0.4) is 0 Å². The highest BCUT2D eigenvalue weighted by molar-refractivity contribution is 7.89. The SMILES string of the molecule is COC[C@H](C)NS(=O)(=O)c1ccc(Oc2cc(C)ccc2Cl)c([N+](=O)[O-])c1. The van der Waals surface area contributed by atoms with Gasteiger partial charge in [-0.05, 0) is 43.7 Å². The number of nitrogens with one attached hydrogen (secondary N) is 1. The lowest BCUT2D eigenvalue weighted by atomic mass is 10.2. The smallest absolute Gasteiger partial charge is 0.312 e. The minimum Gasteiger partial charge on any atom is -0.449 e. The van der Waals surface area contributed by atoms with Gasteiger partial charge in [0.05, 0.1) is 21.4 Å². The van der Waals surface area contributed by atoms with Gasteiger partial charge in [-0.2, -0.15) is 0 Å². The molecule has 0 amide bonds. The zero-order valence-electron chi connectivity index (χ0n) is 14.9. The molecular weight excluding hydrogens is 396 g/mol. The Morgan fingerprint density at radius 3 is 2.56 bits per heavy atom. The van der Waals surface area contributed by atoms with Gasteiger partial charge in [0.1, 0.15) is 5.75 Å². The van der Waals surface area contributed by atoms with Crippen LogP contribution in [0.4, 0.5) is 5.69 Å². The number of halogens is 1. The monoisotopic (exact) mass is 414 g/mol. The highest BCUT2D eigenvalue weighted by atomic mass is 35.5. The molecule has 2 aromatic carbocycles. The second-order valence-corrected chi connectivity index (χ2v) is 8.02. The first-order chi connectivity index (χ1) is 12.6. The molecule has 0 radical (unpaired) electrons. The molecule has 2 rings (SSSR count). The number of hydrogen-bond donors (Lipinski definition) is 1. The summed E-state index contributed by atoms with van der Waals surface area (Å²) >= 11 is 6.06. The van der Waals surface area contributed by atoms with E-state index in [1.807, 2.05) is 6.92 Å². The van der Waals surface area contributed by atoms with Crippen LogP contribution in [-0.2, 0) is 14.8 Å². The lowest BCUT2D eigenvalue weighted by Gasteiger charge is -2.14. The summed E-state index contributed by atoms with van der Waals surface area (Å²) in [7, 11) is -2.52. The van der Waals surface area contributed by atoms with E-state index in [2.05, 4.69) is 4.72 Å². The molecule has 10 heteroatoms. The third-order valence-corrected chi connectivity index (χ3v) is 5.42. The number of nitro groups is 1. The molecule has 0 aliphatic heterocycles. The Kier molecular flexibility index (Phi) is 6.77. The largest absolute Gasteiger partial charge is 0.449 e. The molecule has 146 valence electrons. The number of sulfonamides is 1. The molecule has 0 aromatic heterocycles. The molecular formula is C17H19ClN2O6S. The molecule has 0 aliphatic rings. The Morgan fingerprint density at radius 1 is 1.22 bits per heavy atom. The van der Waals surface area contributed by atoms with E-state index >= 15 is 0 Å². The predicted molar refractivity (Wildman–Crippen MR) is 101 cm³/mol. The quantitative estimate of drug-likeness (QED) is 0.521. The number of nitrogens with zero attached hydrogens (tertiary/aromatic N) is 1. The predicted octanol–water partition coefficient (Wildman–Crippen LogP) is 3.66. The van der Waals surface area contributed by atoms with E-state index < -0.39 is 26.7 Å². The number of aryl methyl sites for hydroxylation is 1. The first-order valence-electron chi connectivity index (χ1n) is 7.87. The van der Waals surface area contributed by atoms with Crippen LogP contribution in [-0.4, -0.2) is 33.1 Å². The summed E-state index contributed by atoms with van der Waals surface area (Å²) in [5.41, 5.74) is 0.363. The maximum atomic E-state index is 12.4. The van der Waals surface area contributed by atoms with Gasteiger partial charge in [-0.25, -0.2) is 13.1 Å². The van der Waals surface area contributed by atoms with Gasteiger partial charge < -0.3 is 9.47 Å². The van der Waals surface area contributed by atoms with Gasteiger partial charge >= 0.3 is 5.69 Å². The van der Waals surface area contributed by atoms with E-state index in [0.717, 1.165) is 11.6 Å². The van der Waals surface area contributed by atoms with Crippen molar-refractivity contribution in [3.8, 4) is 11.5 Å². The van der Waals surface area contributed by atoms with Gasteiger partial charge in [0.2, 0.25) is 15.8 Å². The Hall–Kier alpha value is -2.20. The summed E-state index contributed by atoms with van der Waals surface area (Å²) in [6.07, 6.45) is 0. The third-order valence-electron chi connectivity index (χ3n) is 3.52. The van der Waals surface area contributed by atoms with Crippen molar-refractivity contribution in [1.82, 2.24) is 4.72 Å². The summed E-state index contributed by atoms with van der Waals surface area (Å²) in [5, 5.41) is 11.7. The molecule has 27 heavy (non-hydrogen) atoms. The van der Waals surface area contributed by atoms with Crippen molar-refractivity contribution in [2.24, 2.45) is 0 Å². The van der Waals surface area contributed by atoms with Crippen molar-refractivity contribution in [1.29, 1.82) is 0 Å². The van der Waals surface area contributed by atoms with Gasteiger partial charge in [-0.3, -0.25) is 10.1 Å². The van der Waals surface area contributed by atoms with Crippen LogP contribution in [0.5, 0.6) is 11.5 Å². The Balaban J connectivity index is 2.39. The van der Waals surface area contributed by atoms with Crippen LogP contribution >= 0.6 is 11.6 Å². The highest BCUT2D eigenvalue weighted by Gasteiger charge is 2.24. The fourth-order valence-electron chi connectivity index (χ4n) is 2.32. The first-order valence-corrected chi connectivity index (χ1v) is 9.74. The number of rotatable bonds is 8. The van der Waals surface area contributed by atoms with Crippen molar-refractivity contribution in [2.75, 3.05) is 13.7 Å². The number of nitro benzene ring substituents is 1. The lowest BCUT2D eigenvalue weighted by Crippen LogP contribution is -2.35. The number of ether oxygens (including phenoxy) is 2. The maximum Gasteiger partial charge on any atom is 0.312 e. The standard InChI is InChI=1S/C17H19ClN2O6S/c1-11-4-6-14(18)17(8-11)26-16-7-5-13(9-15(16)20(21)22)27(23,24)19-12(2)10-25-3/h4-9,12,19H,10H2,1-3H3/t12-/m0/s1. The summed E-state index contributed by atoms with van der Waals surface area (Å²) < 4.78 is 37.7. The minimum atomic E-state index is -3.96. The first kappa shape index (κ1) is 21.1. The summed E-state index contributed by atoms with van der Waals surface area (Å²) in [6, 6.07) is 7.91. The minimum absolute atomic E-state index is 0.114. The fourth-order valence-corrected chi connectivity index (χ4v) is 3.72. The number of hydrogen-bond acceptors (Lipinski definition) is 6. The van der Waals surface area contributed by atoms with Gasteiger partial charge in [0.15, 0.2) is 0 Å². The number of methoxy groups -OCH3 is 1. The summed E-state index contributed by atoms with van der Waals surface area (Å²) in [5.74, 6) is 0.124. The summed E-state index contributed by atoms with van der Waals surface area (Å²) in [4.78, 5) is 10.5. The van der Waals surface area contributed by atoms with Gasteiger partial charge in [0, 0.05) is 19.2 Å². The maximum absolute atomic E-state index is 12.4. The summed E-state index contributed by atoms with van der Waals surface area (Å²) in [6.45, 7) is 3.60. The molecule has 2 aromatic rings. The van der Waals surface area contributed by atoms with Crippen LogP contribution in [0.2, 0.25) is 5.02 Å². The second-order valence-electron chi connectivity index (χ2n) is 5.90. The molecule has 0 bridgehead atoms. The third kappa shape index (κ3) is 5.39. The molecule has 1 N–H and O–H groups in total. The van der Waals surface area contributed by atoms with Crippen molar-refractivity contribution in [2.45, 2.75) is 24.8 Å². The van der Waals surface area contributed by atoms with Crippen molar-refractivity contribution < 1.29 is 22.8 Å². The molecule has 0 spiro atoms. The van der Waals surface area contributed by atoms with Crippen LogP contribution in [0.1, 0.15) is 12.5 Å². The average molecular weight is 415 g/mol. The molecule has 0 saturated heterocycles. The van der Waals surface area contributed by atoms with E-state index in [4.69, 9.17) is 21.1 Å². The molecule has 0 fully saturated rings. The zero-order valence-corrected chi connectivity index (χ0v) is 16.5. The zero-order chi connectivity index (χ0) is 20.2. The van der Waals surface area contributed by atoms with Crippen LogP contribution in [0.15, 0.2) is 41.3 Å². The molecule has 8 nitrogen and oxygen atoms in total. The molecule has 1 atom stereocenters. The van der Waals surface area contributed by atoms with E-state index in [1.54, 1.807) is 25.1 Å². The van der Waals surface area contributed by atoms with Crippen molar-refractivity contribution in [3.05, 3.63) is 57.1 Å². The van der Waals surface area contributed by atoms with Crippen molar-refractivity contribution in [3.63, 3.8) is 0 Å². The number of benzene rings is 2. The second kappa shape index (κ2) is 8.66. The molecule has 0 unspecified atom stereocenters. The lowest BCUT2D eigenvalue weighted by molar-refractivity contribution is -0.385. The molecule has 0 aliphatic carbocycles. The van der Waals surface area contributed by atoms with E-state index in [1.165, 1.54) is 19.2 Å². The van der Waals surface area contributed by atoms with E-state index in [-0.39, 0.29) is 28.0 Å². The molecule has 0 heterocycles. The highest BCUT2D eigenvalue weighted by Crippen LogP contribution is 2.36. The van der Waals surface area contributed by atoms with E-state index in [0.29, 0.717) is 0 Å². The Morgan fingerprint density at radius 2 is 1.93 bits per heavy atom. The fraction of sp³-hybridized carbons (Fsp3) is 0.294.